The second-order valence-corrected chi connectivity index (χ2v) is 8.81. The first-order valence-electron chi connectivity index (χ1n) is 9.97. The Morgan fingerprint density at radius 1 is 1.35 bits per heavy atom. The fourth-order valence-corrected chi connectivity index (χ4v) is 5.86. The third kappa shape index (κ3) is 3.06. The Hall–Kier alpha value is -1.42. The van der Waals surface area contributed by atoms with Gasteiger partial charge in [0.1, 0.15) is 12.2 Å². The Morgan fingerprint density at radius 3 is 2.65 bits per heavy atom. The maximum absolute atomic E-state index is 12.8. The molecule has 3 aliphatic carbocycles. The van der Waals surface area contributed by atoms with E-state index in [-0.39, 0.29) is 36.6 Å². The molecule has 3 aliphatic rings. The summed E-state index contributed by atoms with van der Waals surface area (Å²) in [6.45, 7) is 10.2. The van der Waals surface area contributed by atoms with Gasteiger partial charge in [0.05, 0.1) is 0 Å². The van der Waals surface area contributed by atoms with Crippen LogP contribution in [0.2, 0.25) is 0 Å². The van der Waals surface area contributed by atoms with Crippen molar-refractivity contribution >= 4 is 11.8 Å². The number of Topliss-reactive ketones (excluding diaryl/α,β-unsaturated/α-hetero) is 1. The molecule has 3 rings (SSSR count). The van der Waals surface area contributed by atoms with Crippen LogP contribution in [0, 0.1) is 35.5 Å². The van der Waals surface area contributed by atoms with Crippen LogP contribution in [0.25, 0.3) is 0 Å². The van der Waals surface area contributed by atoms with E-state index in [1.165, 1.54) is 6.92 Å². The van der Waals surface area contributed by atoms with Gasteiger partial charge in [0.15, 0.2) is 5.78 Å². The van der Waals surface area contributed by atoms with Gasteiger partial charge in [0.2, 0.25) is 0 Å². The first kappa shape index (κ1) is 19.3. The molecule has 0 spiro atoms. The molecule has 1 saturated carbocycles. The van der Waals surface area contributed by atoms with Gasteiger partial charge in [0, 0.05) is 19.3 Å². The maximum Gasteiger partial charge on any atom is 0.302 e. The molecule has 6 unspecified atom stereocenters. The van der Waals surface area contributed by atoms with Gasteiger partial charge >= 0.3 is 5.97 Å². The molecular weight excluding hydrogens is 328 g/mol. The third-order valence-electron chi connectivity index (χ3n) is 7.18. The van der Waals surface area contributed by atoms with Crippen molar-refractivity contribution in [1.82, 2.24) is 0 Å². The Labute approximate surface area is 156 Å². The molecule has 7 atom stereocenters. The van der Waals surface area contributed by atoms with E-state index in [4.69, 9.17) is 4.74 Å². The number of rotatable bonds is 3. The summed E-state index contributed by atoms with van der Waals surface area (Å²) in [5.41, 5.74) is 0.164. The molecule has 0 heterocycles. The zero-order valence-electron chi connectivity index (χ0n) is 16.6. The van der Waals surface area contributed by atoms with Crippen LogP contribution in [0.3, 0.4) is 0 Å². The molecule has 26 heavy (non-hydrogen) atoms. The van der Waals surface area contributed by atoms with Crippen LogP contribution in [0.15, 0.2) is 23.3 Å². The second kappa shape index (κ2) is 6.95. The highest BCUT2D eigenvalue weighted by atomic mass is 16.5. The van der Waals surface area contributed by atoms with E-state index in [9.17, 15) is 14.7 Å². The largest absolute Gasteiger partial charge is 0.461 e. The maximum atomic E-state index is 12.8. The molecule has 0 aromatic rings. The van der Waals surface area contributed by atoms with Gasteiger partial charge in [-0.2, -0.15) is 0 Å². The number of aliphatic hydroxyl groups is 1. The number of esters is 1. The van der Waals surface area contributed by atoms with Crippen molar-refractivity contribution in [3.8, 4) is 0 Å². The summed E-state index contributed by atoms with van der Waals surface area (Å²) in [5.74, 6) is 1.47. The van der Waals surface area contributed by atoms with Crippen molar-refractivity contribution in [2.24, 2.45) is 35.5 Å². The molecule has 0 aliphatic heterocycles. The van der Waals surface area contributed by atoms with Crippen LogP contribution in [0.1, 0.15) is 53.9 Å². The summed E-state index contributed by atoms with van der Waals surface area (Å²) in [4.78, 5) is 24.1. The minimum Gasteiger partial charge on any atom is -0.461 e. The van der Waals surface area contributed by atoms with Gasteiger partial charge < -0.3 is 9.84 Å². The number of hydrogen-bond acceptors (Lipinski definition) is 4. The van der Waals surface area contributed by atoms with Gasteiger partial charge in [0.25, 0.3) is 0 Å². The highest BCUT2D eigenvalue weighted by Gasteiger charge is 2.56. The topological polar surface area (TPSA) is 63.6 Å². The van der Waals surface area contributed by atoms with Crippen LogP contribution in [-0.2, 0) is 14.3 Å². The normalized spacial score (nSPS) is 42.3. The quantitative estimate of drug-likeness (QED) is 0.616. The van der Waals surface area contributed by atoms with Crippen molar-refractivity contribution < 1.29 is 19.4 Å². The van der Waals surface area contributed by atoms with E-state index in [1.54, 1.807) is 0 Å². The summed E-state index contributed by atoms with van der Waals surface area (Å²) in [6.07, 6.45) is 6.78. The van der Waals surface area contributed by atoms with Gasteiger partial charge in [-0.05, 0) is 54.1 Å². The molecule has 1 fully saturated rings. The summed E-state index contributed by atoms with van der Waals surface area (Å²) >= 11 is 0. The lowest BCUT2D eigenvalue weighted by molar-refractivity contribution is -0.141. The number of ketones is 1. The average molecular weight is 360 g/mol. The molecule has 0 aromatic heterocycles. The molecule has 0 bridgehead atoms. The molecule has 4 heteroatoms. The van der Waals surface area contributed by atoms with E-state index >= 15 is 0 Å². The van der Waals surface area contributed by atoms with Crippen molar-refractivity contribution in [3.63, 3.8) is 0 Å². The van der Waals surface area contributed by atoms with Crippen molar-refractivity contribution in [1.29, 1.82) is 0 Å². The third-order valence-corrected chi connectivity index (χ3v) is 7.18. The Morgan fingerprint density at radius 2 is 2.04 bits per heavy atom. The predicted molar refractivity (Wildman–Crippen MR) is 100 cm³/mol. The fourth-order valence-electron chi connectivity index (χ4n) is 5.86. The predicted octanol–water partition coefficient (Wildman–Crippen LogP) is 3.69. The SMILES string of the molecule is CCC1CC(C)C2C(C=C(COC(C)=O)CC3(O)C(=O)C(C)=CC23)[C@@H]1C. The number of carbonyl (C=O) groups is 2. The fraction of sp³-hybridized carbons (Fsp3) is 0.727. The lowest BCUT2D eigenvalue weighted by Crippen LogP contribution is -2.49. The van der Waals surface area contributed by atoms with E-state index in [0.717, 1.165) is 18.4 Å². The van der Waals surface area contributed by atoms with Crippen LogP contribution >= 0.6 is 0 Å². The molecule has 4 nitrogen and oxygen atoms in total. The van der Waals surface area contributed by atoms with Crippen molar-refractivity contribution in [2.75, 3.05) is 6.61 Å². The van der Waals surface area contributed by atoms with Crippen LogP contribution < -0.4 is 0 Å². The van der Waals surface area contributed by atoms with E-state index in [1.807, 2.05) is 13.0 Å². The van der Waals surface area contributed by atoms with Crippen molar-refractivity contribution in [2.45, 2.75) is 59.5 Å². The molecular formula is C22H32O4. The lowest BCUT2D eigenvalue weighted by Gasteiger charge is -2.47. The highest BCUT2D eigenvalue weighted by molar-refractivity contribution is 6.04. The molecule has 0 amide bonds. The zero-order chi connectivity index (χ0) is 19.2. The van der Waals surface area contributed by atoms with E-state index in [2.05, 4.69) is 26.8 Å². The summed E-state index contributed by atoms with van der Waals surface area (Å²) in [6, 6.07) is 0. The zero-order valence-corrected chi connectivity index (χ0v) is 16.6. The number of carbonyl (C=O) groups excluding carboxylic acids is 2. The molecule has 0 radical (unpaired) electrons. The Bertz CT molecular complexity index is 661. The van der Waals surface area contributed by atoms with Gasteiger partial charge in [-0.3, -0.25) is 9.59 Å². The number of ether oxygens (including phenoxy) is 1. The number of hydrogen-bond donors (Lipinski definition) is 1. The summed E-state index contributed by atoms with van der Waals surface area (Å²) in [5, 5.41) is 11.4. The molecule has 144 valence electrons. The van der Waals surface area contributed by atoms with E-state index < -0.39 is 5.60 Å². The smallest absolute Gasteiger partial charge is 0.302 e. The Balaban J connectivity index is 2.04. The summed E-state index contributed by atoms with van der Waals surface area (Å²) < 4.78 is 5.24. The minimum absolute atomic E-state index is 0.152. The second-order valence-electron chi connectivity index (χ2n) is 8.81. The standard InChI is InChI=1S/C22H32O4/c1-6-17-7-12(2)20-18(14(17)4)9-16(11-26-15(5)23)10-22(25)19(20)8-13(3)21(22)24/h8-9,12,14,17-20,25H,6-7,10-11H2,1-5H3/t12?,14-,17?,18?,19?,20?,22?/m1/s1. The molecule has 1 N–H and O–H groups in total. The van der Waals surface area contributed by atoms with Crippen LogP contribution in [-0.4, -0.2) is 29.1 Å². The lowest BCUT2D eigenvalue weighted by atomic mass is 9.57. The average Bonchev–Trinajstić information content (AvgIpc) is 2.72. The van der Waals surface area contributed by atoms with Crippen molar-refractivity contribution in [3.05, 3.63) is 23.3 Å². The number of fused-ring (bicyclic) bond motifs is 3. The minimum atomic E-state index is -1.39. The Kier molecular flexibility index (Phi) is 5.17. The first-order valence-corrected chi connectivity index (χ1v) is 9.97. The van der Waals surface area contributed by atoms with E-state index in [0.29, 0.717) is 29.2 Å². The highest BCUT2D eigenvalue weighted by Crippen LogP contribution is 2.55. The molecule has 0 saturated heterocycles. The van der Waals surface area contributed by atoms with Crippen LogP contribution in [0.4, 0.5) is 0 Å². The van der Waals surface area contributed by atoms with Gasteiger partial charge in [-0.1, -0.05) is 39.3 Å². The van der Waals surface area contributed by atoms with Gasteiger partial charge in [-0.15, -0.1) is 0 Å². The monoisotopic (exact) mass is 360 g/mol. The first-order chi connectivity index (χ1) is 12.2. The molecule has 0 aromatic carbocycles. The summed E-state index contributed by atoms with van der Waals surface area (Å²) in [7, 11) is 0. The van der Waals surface area contributed by atoms with Crippen LogP contribution in [0.5, 0.6) is 0 Å². The van der Waals surface area contributed by atoms with Gasteiger partial charge in [-0.25, -0.2) is 0 Å². The number of allylic oxidation sites excluding steroid dienone is 1.